The van der Waals surface area contributed by atoms with Crippen LogP contribution in [0.3, 0.4) is 0 Å². The maximum absolute atomic E-state index is 11.0. The summed E-state index contributed by atoms with van der Waals surface area (Å²) in [6.45, 7) is 0.716. The van der Waals surface area contributed by atoms with E-state index in [-0.39, 0.29) is 17.3 Å². The van der Waals surface area contributed by atoms with E-state index in [1.165, 1.54) is 17.7 Å². The lowest BCUT2D eigenvalue weighted by Gasteiger charge is -2.04. The van der Waals surface area contributed by atoms with E-state index in [0.717, 1.165) is 0 Å². The molecule has 1 heterocycles. The third-order valence-corrected chi connectivity index (χ3v) is 1.89. The number of rotatable bonds is 4. The molecule has 0 aromatic carbocycles. The smallest absolute Gasteiger partial charge is 0.236 e. The van der Waals surface area contributed by atoms with E-state index in [0.29, 0.717) is 0 Å². The van der Waals surface area contributed by atoms with Crippen LogP contribution in [0.25, 0.3) is 0 Å². The van der Waals surface area contributed by atoms with Crippen LogP contribution >= 0.6 is 0 Å². The summed E-state index contributed by atoms with van der Waals surface area (Å²) < 4.78 is 1.41. The molecule has 1 unspecified atom stereocenters. The molecule has 0 spiro atoms. The summed E-state index contributed by atoms with van der Waals surface area (Å²) in [6, 6.07) is 0. The van der Waals surface area contributed by atoms with E-state index in [1.54, 1.807) is 7.05 Å². The van der Waals surface area contributed by atoms with Crippen LogP contribution in [0.15, 0.2) is 6.20 Å². The van der Waals surface area contributed by atoms with Gasteiger partial charge >= 0.3 is 0 Å². The van der Waals surface area contributed by atoms with Crippen molar-refractivity contribution in [2.24, 2.45) is 7.05 Å². The summed E-state index contributed by atoms with van der Waals surface area (Å²) in [5.74, 6) is -0.123. The highest BCUT2D eigenvalue weighted by molar-refractivity contribution is 5.91. The summed E-state index contributed by atoms with van der Waals surface area (Å²) in [7, 11) is 1.57. The molecule has 7 nitrogen and oxygen atoms in total. The average Bonchev–Trinajstić information content (AvgIpc) is 2.46. The van der Waals surface area contributed by atoms with E-state index in [9.17, 15) is 20.0 Å². The molecule has 1 aromatic heterocycles. The van der Waals surface area contributed by atoms with Crippen LogP contribution in [0.1, 0.15) is 29.3 Å². The van der Waals surface area contributed by atoms with E-state index in [4.69, 9.17) is 0 Å². The van der Waals surface area contributed by atoms with Crippen molar-refractivity contribution in [2.75, 3.05) is 6.54 Å². The normalized spacial score (nSPS) is 12.5. The van der Waals surface area contributed by atoms with E-state index in [1.807, 2.05) is 0 Å². The zero-order chi connectivity index (χ0) is 11.6. The van der Waals surface area contributed by atoms with Gasteiger partial charge in [-0.2, -0.15) is 0 Å². The zero-order valence-electron chi connectivity index (χ0n) is 8.38. The summed E-state index contributed by atoms with van der Waals surface area (Å²) in [4.78, 5) is 24.3. The molecule has 0 bridgehead atoms. The fourth-order valence-electron chi connectivity index (χ4n) is 1.18. The highest BCUT2D eigenvalue weighted by Gasteiger charge is 2.20. The first-order valence-corrected chi connectivity index (χ1v) is 4.26. The van der Waals surface area contributed by atoms with Gasteiger partial charge in [0.25, 0.3) is 0 Å². The molecule has 1 rings (SSSR count). The van der Waals surface area contributed by atoms with E-state index >= 15 is 0 Å². The highest BCUT2D eigenvalue weighted by Crippen LogP contribution is 2.12. The SMILES string of the molecule is CC(=O)c1cn(C)c(C(O)C[N+](=O)[O-])n1. The summed E-state index contributed by atoms with van der Waals surface area (Å²) >= 11 is 0. The maximum Gasteiger partial charge on any atom is 0.236 e. The third-order valence-electron chi connectivity index (χ3n) is 1.89. The van der Waals surface area contributed by atoms with Crippen molar-refractivity contribution in [2.45, 2.75) is 13.0 Å². The molecule has 0 aliphatic carbocycles. The van der Waals surface area contributed by atoms with Crippen molar-refractivity contribution in [3.8, 4) is 0 Å². The van der Waals surface area contributed by atoms with Crippen molar-refractivity contribution in [1.82, 2.24) is 9.55 Å². The Labute approximate surface area is 85.5 Å². The van der Waals surface area contributed by atoms with Gasteiger partial charge in [0.1, 0.15) is 11.5 Å². The number of imidazole rings is 1. The number of hydrogen-bond acceptors (Lipinski definition) is 5. The Kier molecular flexibility index (Phi) is 3.15. The number of aliphatic hydroxyl groups is 1. The van der Waals surface area contributed by atoms with Crippen molar-refractivity contribution >= 4 is 5.78 Å². The molecule has 1 N–H and O–H groups in total. The summed E-state index contributed by atoms with van der Waals surface area (Å²) in [5.41, 5.74) is 0.190. The minimum Gasteiger partial charge on any atom is -0.379 e. The zero-order valence-corrected chi connectivity index (χ0v) is 8.38. The second-order valence-electron chi connectivity index (χ2n) is 3.18. The molecule has 1 atom stereocenters. The number of hydrogen-bond donors (Lipinski definition) is 1. The number of carbonyl (C=O) groups is 1. The van der Waals surface area contributed by atoms with Crippen LogP contribution < -0.4 is 0 Å². The van der Waals surface area contributed by atoms with Gasteiger partial charge < -0.3 is 9.67 Å². The van der Waals surface area contributed by atoms with Crippen LogP contribution in [0.5, 0.6) is 0 Å². The van der Waals surface area contributed by atoms with Crippen molar-refractivity contribution in [3.63, 3.8) is 0 Å². The van der Waals surface area contributed by atoms with Gasteiger partial charge in [0.05, 0.1) is 0 Å². The quantitative estimate of drug-likeness (QED) is 0.429. The Morgan fingerprint density at radius 3 is 2.80 bits per heavy atom. The minimum atomic E-state index is -1.29. The number of ketones is 1. The number of carbonyl (C=O) groups excluding carboxylic acids is 1. The molecule has 0 aliphatic rings. The van der Waals surface area contributed by atoms with Gasteiger partial charge in [-0.3, -0.25) is 14.9 Å². The second kappa shape index (κ2) is 4.18. The molecular weight excluding hydrogens is 202 g/mol. The van der Waals surface area contributed by atoms with Crippen molar-refractivity contribution in [1.29, 1.82) is 0 Å². The van der Waals surface area contributed by atoms with Crippen LogP contribution in [0, 0.1) is 10.1 Å². The number of aliphatic hydroxyl groups excluding tert-OH is 1. The van der Waals surface area contributed by atoms with Gasteiger partial charge in [-0.15, -0.1) is 0 Å². The lowest BCUT2D eigenvalue weighted by molar-refractivity contribution is -0.491. The fraction of sp³-hybridized carbons (Fsp3) is 0.500. The monoisotopic (exact) mass is 213 g/mol. The molecule has 82 valence electrons. The molecule has 0 saturated carbocycles. The number of aromatic nitrogens is 2. The van der Waals surface area contributed by atoms with Crippen molar-refractivity contribution in [3.05, 3.63) is 27.8 Å². The van der Waals surface area contributed by atoms with Crippen LogP contribution in [-0.2, 0) is 7.05 Å². The van der Waals surface area contributed by atoms with Crippen LogP contribution in [-0.4, -0.2) is 31.9 Å². The maximum atomic E-state index is 11.0. The molecule has 15 heavy (non-hydrogen) atoms. The molecule has 1 aromatic rings. The van der Waals surface area contributed by atoms with Gasteiger partial charge in [-0.05, 0) is 0 Å². The van der Waals surface area contributed by atoms with Gasteiger partial charge in [0, 0.05) is 25.1 Å². The lowest BCUT2D eigenvalue weighted by atomic mass is 10.3. The number of Topliss-reactive ketones (excluding diaryl/α,β-unsaturated/α-hetero) is 1. The second-order valence-corrected chi connectivity index (χ2v) is 3.18. The Morgan fingerprint density at radius 1 is 1.80 bits per heavy atom. The van der Waals surface area contributed by atoms with Gasteiger partial charge in [-0.1, -0.05) is 0 Å². The largest absolute Gasteiger partial charge is 0.379 e. The standard InChI is InChI=1S/C8H11N3O4/c1-5(12)6-3-10(2)8(9-6)7(13)4-11(14)15/h3,7,13H,4H2,1-2H3. The Hall–Kier alpha value is -1.76. The minimum absolute atomic E-state index is 0.122. The topological polar surface area (TPSA) is 98.3 Å². The fourth-order valence-corrected chi connectivity index (χ4v) is 1.18. The highest BCUT2D eigenvalue weighted by atomic mass is 16.6. The van der Waals surface area contributed by atoms with Gasteiger partial charge in [0.2, 0.25) is 6.54 Å². The molecule has 7 heteroatoms. The predicted octanol–water partition coefficient (Wildman–Crippen LogP) is -0.0672. The first-order valence-electron chi connectivity index (χ1n) is 4.26. The number of nitro groups is 1. The van der Waals surface area contributed by atoms with Crippen LogP contribution in [0.2, 0.25) is 0 Å². The molecule has 0 amide bonds. The number of nitrogens with zero attached hydrogens (tertiary/aromatic N) is 3. The lowest BCUT2D eigenvalue weighted by Crippen LogP contribution is -2.15. The first kappa shape index (κ1) is 11.3. The van der Waals surface area contributed by atoms with Crippen molar-refractivity contribution < 1.29 is 14.8 Å². The Bertz CT molecular complexity index is 399. The Balaban J connectivity index is 2.94. The van der Waals surface area contributed by atoms with E-state index in [2.05, 4.69) is 4.98 Å². The average molecular weight is 213 g/mol. The molecule has 0 saturated heterocycles. The molecule has 0 radical (unpaired) electrons. The van der Waals surface area contributed by atoms with Crippen LogP contribution in [0.4, 0.5) is 0 Å². The van der Waals surface area contributed by atoms with E-state index < -0.39 is 17.6 Å². The third kappa shape index (κ3) is 2.59. The molecular formula is C8H11N3O4. The Morgan fingerprint density at radius 2 is 2.40 bits per heavy atom. The summed E-state index contributed by atoms with van der Waals surface area (Å²) in [6.07, 6.45) is 0.138. The number of aryl methyl sites for hydroxylation is 1. The first-order chi connectivity index (χ1) is 6.91. The summed E-state index contributed by atoms with van der Waals surface area (Å²) in [5, 5.41) is 19.6. The van der Waals surface area contributed by atoms with Gasteiger partial charge in [0.15, 0.2) is 11.9 Å². The molecule has 0 fully saturated rings. The predicted molar refractivity (Wildman–Crippen MR) is 50.0 cm³/mol. The van der Waals surface area contributed by atoms with Gasteiger partial charge in [-0.25, -0.2) is 4.98 Å². The molecule has 0 aliphatic heterocycles.